The highest BCUT2D eigenvalue weighted by Crippen LogP contribution is 2.35. The summed E-state index contributed by atoms with van der Waals surface area (Å²) in [6, 6.07) is 5.56. The molecular formula is C9H6BrF2NS. The molecule has 0 unspecified atom stereocenters. The SMILES string of the molecule is FC(F)Sc1c[nH]c2cccc(Br)c12. The van der Waals surface area contributed by atoms with Crippen molar-refractivity contribution in [2.75, 3.05) is 0 Å². The van der Waals surface area contributed by atoms with Crippen LogP contribution >= 0.6 is 27.7 Å². The molecule has 0 aliphatic heterocycles. The Morgan fingerprint density at radius 2 is 2.14 bits per heavy atom. The summed E-state index contributed by atoms with van der Waals surface area (Å²) >= 11 is 3.89. The summed E-state index contributed by atoms with van der Waals surface area (Å²) in [5, 5.41) is 0.817. The van der Waals surface area contributed by atoms with E-state index in [2.05, 4.69) is 20.9 Å². The number of aromatic amines is 1. The molecule has 0 radical (unpaired) electrons. The van der Waals surface area contributed by atoms with Gasteiger partial charge in [-0.3, -0.25) is 0 Å². The molecule has 0 aliphatic rings. The Balaban J connectivity index is 2.55. The van der Waals surface area contributed by atoms with E-state index in [0.29, 0.717) is 16.7 Å². The normalized spacial score (nSPS) is 11.4. The second-order valence-corrected chi connectivity index (χ2v) is 4.58. The van der Waals surface area contributed by atoms with Gasteiger partial charge in [0.25, 0.3) is 5.76 Å². The Kier molecular flexibility index (Phi) is 2.78. The third-order valence-corrected chi connectivity index (χ3v) is 3.25. The van der Waals surface area contributed by atoms with E-state index < -0.39 is 5.76 Å². The lowest BCUT2D eigenvalue weighted by Gasteiger charge is -1.99. The van der Waals surface area contributed by atoms with E-state index in [9.17, 15) is 8.78 Å². The van der Waals surface area contributed by atoms with Gasteiger partial charge in [-0.1, -0.05) is 33.8 Å². The summed E-state index contributed by atoms with van der Waals surface area (Å²) in [6.07, 6.45) is 1.60. The Morgan fingerprint density at radius 1 is 1.36 bits per heavy atom. The molecule has 2 rings (SSSR count). The van der Waals surface area contributed by atoms with Crippen LogP contribution in [0.15, 0.2) is 33.8 Å². The monoisotopic (exact) mass is 277 g/mol. The van der Waals surface area contributed by atoms with Crippen LogP contribution in [0, 0.1) is 0 Å². The fourth-order valence-electron chi connectivity index (χ4n) is 1.30. The third-order valence-electron chi connectivity index (χ3n) is 1.83. The minimum Gasteiger partial charge on any atom is -0.360 e. The van der Waals surface area contributed by atoms with E-state index in [0.717, 1.165) is 15.4 Å². The predicted molar refractivity (Wildman–Crippen MR) is 57.9 cm³/mol. The largest absolute Gasteiger partial charge is 0.360 e. The standard InChI is InChI=1S/C9H6BrF2NS/c10-5-2-1-3-6-8(5)7(4-13-6)14-9(11)12/h1-4,9,13H. The zero-order valence-electron chi connectivity index (χ0n) is 6.93. The van der Waals surface area contributed by atoms with Gasteiger partial charge in [-0.15, -0.1) is 0 Å². The molecule has 0 atom stereocenters. The lowest BCUT2D eigenvalue weighted by molar-refractivity contribution is 0.252. The van der Waals surface area contributed by atoms with Crippen LogP contribution in [0.1, 0.15) is 0 Å². The van der Waals surface area contributed by atoms with E-state index in [1.54, 1.807) is 6.20 Å². The van der Waals surface area contributed by atoms with Gasteiger partial charge in [-0.25, -0.2) is 0 Å². The van der Waals surface area contributed by atoms with Crippen LogP contribution in [0.2, 0.25) is 0 Å². The van der Waals surface area contributed by atoms with Gasteiger partial charge in [0.15, 0.2) is 0 Å². The fourth-order valence-corrected chi connectivity index (χ4v) is 2.67. The maximum absolute atomic E-state index is 12.2. The van der Waals surface area contributed by atoms with Crippen LogP contribution in [-0.4, -0.2) is 10.7 Å². The van der Waals surface area contributed by atoms with Crippen molar-refractivity contribution in [2.45, 2.75) is 10.7 Å². The van der Waals surface area contributed by atoms with Crippen molar-refractivity contribution < 1.29 is 8.78 Å². The van der Waals surface area contributed by atoms with Crippen molar-refractivity contribution in [3.8, 4) is 0 Å². The second-order valence-electron chi connectivity index (χ2n) is 2.69. The van der Waals surface area contributed by atoms with Crippen molar-refractivity contribution in [2.24, 2.45) is 0 Å². The number of nitrogens with one attached hydrogen (secondary N) is 1. The van der Waals surface area contributed by atoms with E-state index in [1.165, 1.54) is 0 Å². The smallest absolute Gasteiger partial charge is 0.288 e. The molecule has 1 nitrogen and oxygen atoms in total. The van der Waals surface area contributed by atoms with Crippen LogP contribution in [0.25, 0.3) is 10.9 Å². The fraction of sp³-hybridized carbons (Fsp3) is 0.111. The number of alkyl halides is 2. The minimum absolute atomic E-state index is 0.554. The highest BCUT2D eigenvalue weighted by Gasteiger charge is 2.12. The molecule has 0 saturated carbocycles. The third kappa shape index (κ3) is 1.79. The van der Waals surface area contributed by atoms with Gasteiger partial charge in [0, 0.05) is 26.5 Å². The average Bonchev–Trinajstić information content (AvgIpc) is 2.49. The molecule has 14 heavy (non-hydrogen) atoms. The molecule has 1 aromatic heterocycles. The summed E-state index contributed by atoms with van der Waals surface area (Å²) in [6.45, 7) is 0. The van der Waals surface area contributed by atoms with Gasteiger partial charge in [-0.05, 0) is 12.1 Å². The van der Waals surface area contributed by atoms with Gasteiger partial charge < -0.3 is 4.98 Å². The number of aromatic nitrogens is 1. The topological polar surface area (TPSA) is 15.8 Å². The van der Waals surface area contributed by atoms with Gasteiger partial charge in [0.2, 0.25) is 0 Å². The Bertz CT molecular complexity index is 455. The van der Waals surface area contributed by atoms with Gasteiger partial charge in [-0.2, -0.15) is 8.78 Å². The average molecular weight is 278 g/mol. The van der Waals surface area contributed by atoms with Gasteiger partial charge in [0.05, 0.1) is 0 Å². The first-order chi connectivity index (χ1) is 6.68. The van der Waals surface area contributed by atoms with E-state index in [-0.39, 0.29) is 0 Å². The Hall–Kier alpha value is -0.550. The Morgan fingerprint density at radius 3 is 2.86 bits per heavy atom. The summed E-state index contributed by atoms with van der Waals surface area (Å²) in [5.41, 5.74) is 0.863. The Labute approximate surface area is 92.0 Å². The maximum Gasteiger partial charge on any atom is 0.288 e. The van der Waals surface area contributed by atoms with E-state index in [1.807, 2.05) is 18.2 Å². The lowest BCUT2D eigenvalue weighted by Crippen LogP contribution is -1.79. The summed E-state index contributed by atoms with van der Waals surface area (Å²) in [4.78, 5) is 3.52. The van der Waals surface area contributed by atoms with Crippen LogP contribution in [0.5, 0.6) is 0 Å². The van der Waals surface area contributed by atoms with Crippen molar-refractivity contribution in [1.29, 1.82) is 0 Å². The highest BCUT2D eigenvalue weighted by molar-refractivity contribution is 9.10. The molecule has 0 spiro atoms. The van der Waals surface area contributed by atoms with Crippen molar-refractivity contribution in [3.63, 3.8) is 0 Å². The first kappa shape index (κ1) is 9.98. The summed E-state index contributed by atoms with van der Waals surface area (Å²) in [5.74, 6) is -2.39. The molecule has 1 aromatic carbocycles. The van der Waals surface area contributed by atoms with E-state index in [4.69, 9.17) is 0 Å². The number of hydrogen-bond donors (Lipinski definition) is 1. The predicted octanol–water partition coefficient (Wildman–Crippen LogP) is 4.25. The molecule has 0 bridgehead atoms. The number of rotatable bonds is 2. The zero-order valence-corrected chi connectivity index (χ0v) is 9.33. The molecule has 1 N–H and O–H groups in total. The molecular weight excluding hydrogens is 272 g/mol. The van der Waals surface area contributed by atoms with Crippen LogP contribution < -0.4 is 0 Å². The molecule has 0 aliphatic carbocycles. The molecule has 2 aromatic rings. The zero-order chi connectivity index (χ0) is 10.1. The number of benzene rings is 1. The van der Waals surface area contributed by atoms with E-state index >= 15 is 0 Å². The molecule has 0 amide bonds. The molecule has 5 heteroatoms. The quantitative estimate of drug-likeness (QED) is 0.812. The molecule has 0 saturated heterocycles. The second kappa shape index (κ2) is 3.90. The van der Waals surface area contributed by atoms with Crippen molar-refractivity contribution in [1.82, 2.24) is 4.98 Å². The number of thioether (sulfide) groups is 1. The van der Waals surface area contributed by atoms with Gasteiger partial charge in [0.1, 0.15) is 0 Å². The first-order valence-electron chi connectivity index (χ1n) is 3.89. The first-order valence-corrected chi connectivity index (χ1v) is 5.56. The number of fused-ring (bicyclic) bond motifs is 1. The molecule has 1 heterocycles. The number of halogens is 3. The van der Waals surface area contributed by atoms with Crippen LogP contribution in [-0.2, 0) is 0 Å². The van der Waals surface area contributed by atoms with Crippen molar-refractivity contribution >= 4 is 38.6 Å². The maximum atomic E-state index is 12.2. The summed E-state index contributed by atoms with van der Waals surface area (Å²) < 4.78 is 25.2. The molecule has 74 valence electrons. The van der Waals surface area contributed by atoms with Crippen LogP contribution in [0.4, 0.5) is 8.78 Å². The van der Waals surface area contributed by atoms with Crippen LogP contribution in [0.3, 0.4) is 0 Å². The number of H-pyrrole nitrogens is 1. The minimum atomic E-state index is -2.39. The summed E-state index contributed by atoms with van der Waals surface area (Å²) in [7, 11) is 0. The van der Waals surface area contributed by atoms with Crippen molar-refractivity contribution in [3.05, 3.63) is 28.9 Å². The molecule has 0 fully saturated rings. The number of hydrogen-bond acceptors (Lipinski definition) is 1. The lowest BCUT2D eigenvalue weighted by atomic mass is 10.2. The highest BCUT2D eigenvalue weighted by atomic mass is 79.9. The van der Waals surface area contributed by atoms with Gasteiger partial charge >= 0.3 is 0 Å².